The number of hydrogen-bond donors (Lipinski definition) is 0. The molecule has 0 N–H and O–H groups in total. The lowest BCUT2D eigenvalue weighted by Crippen LogP contribution is -2.28. The molecule has 2 nitrogen and oxygen atoms in total. The Balaban J connectivity index is 2.25. The highest BCUT2D eigenvalue weighted by Crippen LogP contribution is 2.36. The number of esters is 1. The molecule has 1 aliphatic heterocycles. The van der Waals surface area contributed by atoms with Gasteiger partial charge in [-0.3, -0.25) is 0 Å². The fourth-order valence-electron chi connectivity index (χ4n) is 2.57. The van der Waals surface area contributed by atoms with E-state index in [-0.39, 0.29) is 5.97 Å². The average molecular weight is 194 g/mol. The Hall–Kier alpha value is -0.790. The van der Waals surface area contributed by atoms with Gasteiger partial charge in [-0.05, 0) is 25.7 Å². The maximum absolute atomic E-state index is 11.6. The standard InChI is InChI=1S/C12H18O2/c1-2-5-11-10-7-4-3-6-9(10)8-14-12(11)13/h9H,2-8H2,1H3. The minimum Gasteiger partial charge on any atom is -0.462 e. The smallest absolute Gasteiger partial charge is 0.333 e. The first kappa shape index (κ1) is 9.75. The van der Waals surface area contributed by atoms with Crippen molar-refractivity contribution in [1.29, 1.82) is 0 Å². The van der Waals surface area contributed by atoms with Crippen molar-refractivity contribution >= 4 is 5.97 Å². The molecule has 0 aromatic rings. The molecule has 1 saturated carbocycles. The summed E-state index contributed by atoms with van der Waals surface area (Å²) in [5, 5.41) is 0. The lowest BCUT2D eigenvalue weighted by atomic mass is 9.80. The molecule has 2 aliphatic rings. The lowest BCUT2D eigenvalue weighted by molar-refractivity contribution is -0.142. The summed E-state index contributed by atoms with van der Waals surface area (Å²) in [6, 6.07) is 0. The first-order valence-corrected chi connectivity index (χ1v) is 5.72. The van der Waals surface area contributed by atoms with Crippen molar-refractivity contribution < 1.29 is 9.53 Å². The zero-order valence-corrected chi connectivity index (χ0v) is 8.84. The quantitative estimate of drug-likeness (QED) is 0.632. The third kappa shape index (κ3) is 1.70. The maximum Gasteiger partial charge on any atom is 0.333 e. The van der Waals surface area contributed by atoms with Crippen molar-refractivity contribution in [2.45, 2.75) is 45.4 Å². The Morgan fingerprint density at radius 1 is 1.43 bits per heavy atom. The molecule has 0 bridgehead atoms. The molecular formula is C12H18O2. The highest BCUT2D eigenvalue weighted by atomic mass is 16.5. The Morgan fingerprint density at radius 2 is 2.29 bits per heavy atom. The predicted molar refractivity (Wildman–Crippen MR) is 54.9 cm³/mol. The van der Waals surface area contributed by atoms with Crippen LogP contribution in [0, 0.1) is 5.92 Å². The molecule has 2 rings (SSSR count). The summed E-state index contributed by atoms with van der Waals surface area (Å²) in [4.78, 5) is 11.6. The third-order valence-electron chi connectivity index (χ3n) is 3.29. The monoisotopic (exact) mass is 194 g/mol. The van der Waals surface area contributed by atoms with Gasteiger partial charge in [-0.25, -0.2) is 4.79 Å². The predicted octanol–water partition coefficient (Wildman–Crippen LogP) is 2.83. The fraction of sp³-hybridized carbons (Fsp3) is 0.750. The molecule has 14 heavy (non-hydrogen) atoms. The Kier molecular flexibility index (Phi) is 2.90. The van der Waals surface area contributed by atoms with Crippen molar-refractivity contribution in [1.82, 2.24) is 0 Å². The number of hydrogen-bond acceptors (Lipinski definition) is 2. The zero-order valence-electron chi connectivity index (χ0n) is 8.84. The molecule has 1 atom stereocenters. The summed E-state index contributed by atoms with van der Waals surface area (Å²) in [6.45, 7) is 2.76. The van der Waals surface area contributed by atoms with E-state index in [1.165, 1.54) is 24.8 Å². The summed E-state index contributed by atoms with van der Waals surface area (Å²) >= 11 is 0. The normalized spacial score (nSPS) is 27.2. The topological polar surface area (TPSA) is 26.3 Å². The van der Waals surface area contributed by atoms with Gasteiger partial charge in [0.2, 0.25) is 0 Å². The van der Waals surface area contributed by atoms with Gasteiger partial charge in [0.15, 0.2) is 0 Å². The van der Waals surface area contributed by atoms with Gasteiger partial charge in [0.1, 0.15) is 0 Å². The first-order valence-electron chi connectivity index (χ1n) is 5.72. The number of fused-ring (bicyclic) bond motifs is 1. The van der Waals surface area contributed by atoms with Gasteiger partial charge in [-0.2, -0.15) is 0 Å². The van der Waals surface area contributed by atoms with E-state index in [1.807, 2.05) is 0 Å². The number of carbonyl (C=O) groups is 1. The van der Waals surface area contributed by atoms with E-state index in [4.69, 9.17) is 4.74 Å². The molecule has 0 aromatic carbocycles. The molecule has 1 aliphatic carbocycles. The molecule has 0 spiro atoms. The van der Waals surface area contributed by atoms with Crippen molar-refractivity contribution in [2.24, 2.45) is 5.92 Å². The summed E-state index contributed by atoms with van der Waals surface area (Å²) < 4.78 is 5.22. The molecule has 1 heterocycles. The molecular weight excluding hydrogens is 176 g/mol. The van der Waals surface area contributed by atoms with E-state index in [9.17, 15) is 4.79 Å². The molecule has 0 saturated heterocycles. The first-order chi connectivity index (χ1) is 6.83. The van der Waals surface area contributed by atoms with Crippen LogP contribution >= 0.6 is 0 Å². The summed E-state index contributed by atoms with van der Waals surface area (Å²) in [5.74, 6) is 0.517. The average Bonchev–Trinajstić information content (AvgIpc) is 2.23. The Morgan fingerprint density at radius 3 is 3.07 bits per heavy atom. The van der Waals surface area contributed by atoms with Crippen molar-refractivity contribution in [3.63, 3.8) is 0 Å². The molecule has 0 amide bonds. The number of ether oxygens (including phenoxy) is 1. The number of cyclic esters (lactones) is 1. The van der Waals surface area contributed by atoms with Crippen LogP contribution in [0.15, 0.2) is 11.1 Å². The van der Waals surface area contributed by atoms with Gasteiger partial charge in [0.05, 0.1) is 6.61 Å². The van der Waals surface area contributed by atoms with Gasteiger partial charge >= 0.3 is 5.97 Å². The molecule has 0 radical (unpaired) electrons. The second-order valence-corrected chi connectivity index (χ2v) is 4.29. The summed E-state index contributed by atoms with van der Waals surface area (Å²) in [5.41, 5.74) is 2.43. The minimum absolute atomic E-state index is 0.0417. The van der Waals surface area contributed by atoms with Gasteiger partial charge in [-0.1, -0.05) is 25.3 Å². The van der Waals surface area contributed by atoms with Crippen molar-refractivity contribution in [3.05, 3.63) is 11.1 Å². The second kappa shape index (κ2) is 4.16. The van der Waals surface area contributed by atoms with Gasteiger partial charge in [0.25, 0.3) is 0 Å². The van der Waals surface area contributed by atoms with E-state index in [2.05, 4.69) is 6.92 Å². The van der Waals surface area contributed by atoms with Crippen LogP contribution in [0.3, 0.4) is 0 Å². The van der Waals surface area contributed by atoms with Gasteiger partial charge in [-0.15, -0.1) is 0 Å². The van der Waals surface area contributed by atoms with E-state index in [0.29, 0.717) is 12.5 Å². The molecule has 0 aromatic heterocycles. The zero-order chi connectivity index (χ0) is 9.97. The lowest BCUT2D eigenvalue weighted by Gasteiger charge is -2.31. The van der Waals surface area contributed by atoms with Crippen LogP contribution in [0.25, 0.3) is 0 Å². The third-order valence-corrected chi connectivity index (χ3v) is 3.29. The SMILES string of the molecule is CCCC1=C2CCCCC2COC1=O. The van der Waals surface area contributed by atoms with Crippen LogP contribution in [-0.4, -0.2) is 12.6 Å². The number of carbonyl (C=O) groups excluding carboxylic acids is 1. The minimum atomic E-state index is -0.0417. The van der Waals surface area contributed by atoms with Crippen LogP contribution in [0.5, 0.6) is 0 Å². The highest BCUT2D eigenvalue weighted by Gasteiger charge is 2.30. The van der Waals surface area contributed by atoms with E-state index in [0.717, 1.165) is 24.8 Å². The Bertz CT molecular complexity index is 265. The maximum atomic E-state index is 11.6. The van der Waals surface area contributed by atoms with Crippen LogP contribution in [0.4, 0.5) is 0 Å². The van der Waals surface area contributed by atoms with E-state index < -0.39 is 0 Å². The molecule has 2 heteroatoms. The fourth-order valence-corrected chi connectivity index (χ4v) is 2.57. The molecule has 78 valence electrons. The largest absolute Gasteiger partial charge is 0.462 e. The van der Waals surface area contributed by atoms with Crippen LogP contribution < -0.4 is 0 Å². The van der Waals surface area contributed by atoms with Crippen molar-refractivity contribution in [2.75, 3.05) is 6.61 Å². The van der Waals surface area contributed by atoms with Crippen LogP contribution in [0.2, 0.25) is 0 Å². The van der Waals surface area contributed by atoms with E-state index in [1.54, 1.807) is 0 Å². The second-order valence-electron chi connectivity index (χ2n) is 4.29. The molecule has 1 fully saturated rings. The summed E-state index contributed by atoms with van der Waals surface area (Å²) in [6.07, 6.45) is 6.85. The van der Waals surface area contributed by atoms with Gasteiger partial charge in [0, 0.05) is 11.5 Å². The highest BCUT2D eigenvalue weighted by molar-refractivity contribution is 5.90. The summed E-state index contributed by atoms with van der Waals surface area (Å²) in [7, 11) is 0. The van der Waals surface area contributed by atoms with Gasteiger partial charge < -0.3 is 4.74 Å². The van der Waals surface area contributed by atoms with Crippen molar-refractivity contribution in [3.8, 4) is 0 Å². The van der Waals surface area contributed by atoms with Crippen LogP contribution in [0.1, 0.15) is 45.4 Å². The van der Waals surface area contributed by atoms with Crippen LogP contribution in [-0.2, 0) is 9.53 Å². The number of rotatable bonds is 2. The molecule has 1 unspecified atom stereocenters. The van der Waals surface area contributed by atoms with E-state index >= 15 is 0 Å². The Labute approximate surface area is 85.3 Å².